The minimum atomic E-state index is -0.204. The number of hydrogen-bond acceptors (Lipinski definition) is 2. The molecule has 2 nitrogen and oxygen atoms in total. The highest BCUT2D eigenvalue weighted by molar-refractivity contribution is 5.99. The van der Waals surface area contributed by atoms with Crippen LogP contribution in [0.3, 0.4) is 0 Å². The Labute approximate surface area is 121 Å². The second kappa shape index (κ2) is 6.53. The first-order valence-corrected chi connectivity index (χ1v) is 8.10. The van der Waals surface area contributed by atoms with E-state index in [-0.39, 0.29) is 11.9 Å². The van der Waals surface area contributed by atoms with Crippen LogP contribution in [0.15, 0.2) is 24.3 Å². The van der Waals surface area contributed by atoms with E-state index in [1.54, 1.807) is 0 Å². The number of benzene rings is 1. The summed E-state index contributed by atoms with van der Waals surface area (Å²) in [4.78, 5) is 12.4. The van der Waals surface area contributed by atoms with E-state index in [0.717, 1.165) is 31.4 Å². The van der Waals surface area contributed by atoms with Crippen LogP contribution in [0, 0.1) is 0 Å². The summed E-state index contributed by atoms with van der Waals surface area (Å²) in [7, 11) is 0. The number of hydrogen-bond donors (Lipinski definition) is 0. The zero-order chi connectivity index (χ0) is 13.8. The van der Waals surface area contributed by atoms with Gasteiger partial charge in [-0.05, 0) is 43.6 Å². The van der Waals surface area contributed by atoms with Crippen LogP contribution in [0.5, 0.6) is 0 Å². The molecule has 1 saturated heterocycles. The van der Waals surface area contributed by atoms with Crippen LogP contribution < -0.4 is 0 Å². The fraction of sp³-hybridized carbons (Fsp3) is 0.611. The van der Waals surface area contributed by atoms with Gasteiger partial charge in [0, 0.05) is 12.2 Å². The van der Waals surface area contributed by atoms with Gasteiger partial charge in [0.2, 0.25) is 0 Å². The number of carbonyl (C=O) groups excluding carboxylic acids is 1. The van der Waals surface area contributed by atoms with Gasteiger partial charge in [0.1, 0.15) is 6.10 Å². The van der Waals surface area contributed by atoms with Crippen LogP contribution in [-0.2, 0) is 4.74 Å². The Hall–Kier alpha value is -1.15. The van der Waals surface area contributed by atoms with Crippen LogP contribution in [0.25, 0.3) is 0 Å². The van der Waals surface area contributed by atoms with Crippen LogP contribution in [0.4, 0.5) is 0 Å². The van der Waals surface area contributed by atoms with Gasteiger partial charge >= 0.3 is 0 Å². The van der Waals surface area contributed by atoms with Crippen molar-refractivity contribution in [2.24, 2.45) is 0 Å². The fourth-order valence-electron chi connectivity index (χ4n) is 3.49. The molecule has 0 spiro atoms. The van der Waals surface area contributed by atoms with E-state index >= 15 is 0 Å². The third-order valence-electron chi connectivity index (χ3n) is 4.74. The molecule has 1 unspecified atom stereocenters. The SMILES string of the molecule is O=C(c1ccc(C2CCCCC2)cc1)C1CCCCO1. The summed E-state index contributed by atoms with van der Waals surface area (Å²) in [5.74, 6) is 0.874. The van der Waals surface area contributed by atoms with Gasteiger partial charge < -0.3 is 4.74 Å². The van der Waals surface area contributed by atoms with Crippen molar-refractivity contribution in [3.05, 3.63) is 35.4 Å². The fourth-order valence-corrected chi connectivity index (χ4v) is 3.49. The summed E-state index contributed by atoms with van der Waals surface area (Å²) >= 11 is 0. The Balaban J connectivity index is 1.67. The highest BCUT2D eigenvalue weighted by Crippen LogP contribution is 2.32. The Morgan fingerprint density at radius 3 is 2.25 bits per heavy atom. The van der Waals surface area contributed by atoms with Gasteiger partial charge in [-0.25, -0.2) is 0 Å². The van der Waals surface area contributed by atoms with Crippen molar-refractivity contribution in [1.82, 2.24) is 0 Å². The van der Waals surface area contributed by atoms with Crippen molar-refractivity contribution in [2.45, 2.75) is 63.4 Å². The van der Waals surface area contributed by atoms with Crippen molar-refractivity contribution in [2.75, 3.05) is 6.61 Å². The molecule has 1 heterocycles. The summed E-state index contributed by atoms with van der Waals surface area (Å²) in [5, 5.41) is 0. The van der Waals surface area contributed by atoms with Gasteiger partial charge in [0.25, 0.3) is 0 Å². The molecule has 1 saturated carbocycles. The molecule has 3 rings (SSSR count). The van der Waals surface area contributed by atoms with Gasteiger partial charge in [-0.3, -0.25) is 4.79 Å². The molecule has 2 heteroatoms. The molecule has 1 aromatic carbocycles. The molecule has 0 aromatic heterocycles. The second-order valence-corrected chi connectivity index (χ2v) is 6.18. The van der Waals surface area contributed by atoms with E-state index in [1.165, 1.54) is 37.7 Å². The molecule has 1 aliphatic carbocycles. The van der Waals surface area contributed by atoms with Crippen molar-refractivity contribution in [3.63, 3.8) is 0 Å². The topological polar surface area (TPSA) is 26.3 Å². The van der Waals surface area contributed by atoms with Crippen molar-refractivity contribution in [1.29, 1.82) is 0 Å². The van der Waals surface area contributed by atoms with E-state index in [4.69, 9.17) is 4.74 Å². The van der Waals surface area contributed by atoms with Crippen molar-refractivity contribution in [3.8, 4) is 0 Å². The third-order valence-corrected chi connectivity index (χ3v) is 4.74. The highest BCUT2D eigenvalue weighted by Gasteiger charge is 2.23. The second-order valence-electron chi connectivity index (χ2n) is 6.18. The first-order valence-electron chi connectivity index (χ1n) is 8.10. The maximum Gasteiger partial charge on any atom is 0.191 e. The minimum Gasteiger partial charge on any atom is -0.370 e. The first kappa shape index (κ1) is 13.8. The van der Waals surface area contributed by atoms with E-state index in [1.807, 2.05) is 12.1 Å². The molecule has 20 heavy (non-hydrogen) atoms. The smallest absolute Gasteiger partial charge is 0.191 e. The summed E-state index contributed by atoms with van der Waals surface area (Å²) in [6.45, 7) is 0.733. The van der Waals surface area contributed by atoms with Gasteiger partial charge in [0.05, 0.1) is 0 Å². The van der Waals surface area contributed by atoms with Crippen LogP contribution in [0.1, 0.15) is 73.2 Å². The zero-order valence-corrected chi connectivity index (χ0v) is 12.1. The molecule has 0 bridgehead atoms. The molecule has 0 amide bonds. The molecular formula is C18H24O2. The van der Waals surface area contributed by atoms with E-state index in [9.17, 15) is 4.79 Å². The quantitative estimate of drug-likeness (QED) is 0.758. The van der Waals surface area contributed by atoms with Crippen LogP contribution in [0.2, 0.25) is 0 Å². The Morgan fingerprint density at radius 2 is 1.60 bits per heavy atom. The van der Waals surface area contributed by atoms with Crippen LogP contribution >= 0.6 is 0 Å². The van der Waals surface area contributed by atoms with Gasteiger partial charge in [-0.15, -0.1) is 0 Å². The maximum absolute atomic E-state index is 12.4. The monoisotopic (exact) mass is 272 g/mol. The molecule has 2 fully saturated rings. The average Bonchev–Trinajstić information content (AvgIpc) is 2.56. The summed E-state index contributed by atoms with van der Waals surface area (Å²) in [5.41, 5.74) is 2.22. The lowest BCUT2D eigenvalue weighted by Crippen LogP contribution is -2.28. The Kier molecular flexibility index (Phi) is 4.51. The third kappa shape index (κ3) is 3.12. The number of ether oxygens (including phenoxy) is 1. The Bertz CT molecular complexity index is 437. The highest BCUT2D eigenvalue weighted by atomic mass is 16.5. The van der Waals surface area contributed by atoms with Gasteiger partial charge in [-0.1, -0.05) is 43.5 Å². The normalized spacial score (nSPS) is 24.5. The number of carbonyl (C=O) groups is 1. The van der Waals surface area contributed by atoms with Crippen molar-refractivity contribution >= 4 is 5.78 Å². The molecule has 1 aromatic rings. The van der Waals surface area contributed by atoms with Gasteiger partial charge in [0.15, 0.2) is 5.78 Å². The predicted octanol–water partition coefficient (Wildman–Crippen LogP) is 4.49. The number of rotatable bonds is 3. The van der Waals surface area contributed by atoms with E-state index < -0.39 is 0 Å². The van der Waals surface area contributed by atoms with Gasteiger partial charge in [-0.2, -0.15) is 0 Å². The molecule has 2 aliphatic rings. The maximum atomic E-state index is 12.4. The molecular weight excluding hydrogens is 248 g/mol. The summed E-state index contributed by atoms with van der Waals surface area (Å²) < 4.78 is 5.59. The number of Topliss-reactive ketones (excluding diaryl/α,β-unsaturated/α-hetero) is 1. The minimum absolute atomic E-state index is 0.167. The lowest BCUT2D eigenvalue weighted by Gasteiger charge is -2.23. The average molecular weight is 272 g/mol. The lowest BCUT2D eigenvalue weighted by atomic mass is 9.83. The first-order chi connectivity index (χ1) is 9.84. The molecule has 1 aliphatic heterocycles. The van der Waals surface area contributed by atoms with E-state index in [2.05, 4.69) is 12.1 Å². The predicted molar refractivity (Wildman–Crippen MR) is 80.2 cm³/mol. The van der Waals surface area contributed by atoms with E-state index in [0.29, 0.717) is 5.92 Å². The zero-order valence-electron chi connectivity index (χ0n) is 12.1. The molecule has 0 radical (unpaired) electrons. The van der Waals surface area contributed by atoms with Crippen LogP contribution in [-0.4, -0.2) is 18.5 Å². The summed E-state index contributed by atoms with van der Waals surface area (Å²) in [6.07, 6.45) is 9.56. The summed E-state index contributed by atoms with van der Waals surface area (Å²) in [6, 6.07) is 8.33. The Morgan fingerprint density at radius 1 is 0.900 bits per heavy atom. The molecule has 1 atom stereocenters. The van der Waals surface area contributed by atoms with Crippen molar-refractivity contribution < 1.29 is 9.53 Å². The standard InChI is InChI=1S/C18H24O2/c19-18(17-8-4-5-13-20-17)16-11-9-15(10-12-16)14-6-2-1-3-7-14/h9-12,14,17H,1-8,13H2. The lowest BCUT2D eigenvalue weighted by molar-refractivity contribution is 0.0186. The largest absolute Gasteiger partial charge is 0.370 e. The molecule has 0 N–H and O–H groups in total. The molecule has 108 valence electrons. The number of ketones is 1.